The van der Waals surface area contributed by atoms with Crippen LogP contribution in [0.25, 0.3) is 0 Å². The third-order valence-corrected chi connectivity index (χ3v) is 7.77. The molecule has 1 aliphatic carbocycles. The van der Waals surface area contributed by atoms with Gasteiger partial charge in [-0.15, -0.1) is 0 Å². The second kappa shape index (κ2) is 10.8. The predicted molar refractivity (Wildman–Crippen MR) is 128 cm³/mol. The summed E-state index contributed by atoms with van der Waals surface area (Å²) in [7, 11) is 0.255. The SMILES string of the molecule is CN(C)C(CC=O)n1ccc(NC(=O)C(CC2CCCC2)c2ccc(S(C)(=O)=O)c(Cl)c2)n1. The summed E-state index contributed by atoms with van der Waals surface area (Å²) in [6.07, 6.45) is 8.82. The second-order valence-electron chi connectivity index (χ2n) is 8.92. The minimum Gasteiger partial charge on any atom is -0.309 e. The fourth-order valence-electron chi connectivity index (χ4n) is 4.43. The van der Waals surface area contributed by atoms with Gasteiger partial charge in [0, 0.05) is 24.9 Å². The molecule has 1 saturated carbocycles. The normalized spacial score (nSPS) is 16.6. The quantitative estimate of drug-likeness (QED) is 0.503. The van der Waals surface area contributed by atoms with E-state index in [1.54, 1.807) is 29.1 Å². The van der Waals surface area contributed by atoms with Crippen LogP contribution in [0.1, 0.15) is 56.2 Å². The number of hydrogen-bond donors (Lipinski definition) is 1. The summed E-state index contributed by atoms with van der Waals surface area (Å²) in [5.74, 6) is 0.126. The average Bonchev–Trinajstić information content (AvgIpc) is 3.41. The van der Waals surface area contributed by atoms with Gasteiger partial charge in [-0.2, -0.15) is 5.10 Å². The molecular weight excluding hydrogens is 464 g/mol. The van der Waals surface area contributed by atoms with Crippen molar-refractivity contribution in [1.82, 2.24) is 14.7 Å². The monoisotopic (exact) mass is 494 g/mol. The van der Waals surface area contributed by atoms with Crippen LogP contribution in [0.5, 0.6) is 0 Å². The van der Waals surface area contributed by atoms with Crippen molar-refractivity contribution < 1.29 is 18.0 Å². The Balaban J connectivity index is 1.85. The summed E-state index contributed by atoms with van der Waals surface area (Å²) in [5, 5.41) is 7.45. The zero-order valence-electron chi connectivity index (χ0n) is 19.2. The number of sulfone groups is 1. The number of amides is 1. The molecule has 1 fully saturated rings. The number of nitrogens with one attached hydrogen (secondary N) is 1. The minimum absolute atomic E-state index is 0.0524. The highest BCUT2D eigenvalue weighted by Crippen LogP contribution is 2.36. The van der Waals surface area contributed by atoms with Crippen LogP contribution in [0.3, 0.4) is 0 Å². The summed E-state index contributed by atoms with van der Waals surface area (Å²) in [5.41, 5.74) is 0.684. The first kappa shape index (κ1) is 25.4. The van der Waals surface area contributed by atoms with E-state index in [4.69, 9.17) is 11.6 Å². The third-order valence-electron chi connectivity index (χ3n) is 6.19. The number of halogens is 1. The number of nitrogens with zero attached hydrogens (tertiary/aromatic N) is 3. The van der Waals surface area contributed by atoms with Crippen LogP contribution in [0.4, 0.5) is 5.82 Å². The summed E-state index contributed by atoms with van der Waals surface area (Å²) < 4.78 is 25.5. The largest absolute Gasteiger partial charge is 0.309 e. The third kappa shape index (κ3) is 6.43. The van der Waals surface area contributed by atoms with E-state index in [-0.39, 0.29) is 28.4 Å². The maximum absolute atomic E-state index is 13.3. The van der Waals surface area contributed by atoms with Crippen molar-refractivity contribution >= 4 is 39.4 Å². The first-order valence-corrected chi connectivity index (χ1v) is 13.3. The number of anilines is 1. The Morgan fingerprint density at radius 2 is 2.00 bits per heavy atom. The smallest absolute Gasteiger partial charge is 0.233 e. The van der Waals surface area contributed by atoms with Gasteiger partial charge in [-0.25, -0.2) is 8.42 Å². The van der Waals surface area contributed by atoms with Crippen LogP contribution in [0, 0.1) is 5.92 Å². The van der Waals surface area contributed by atoms with Gasteiger partial charge >= 0.3 is 0 Å². The van der Waals surface area contributed by atoms with E-state index in [1.165, 1.54) is 6.07 Å². The molecule has 1 aromatic carbocycles. The predicted octanol–water partition coefficient (Wildman–Crippen LogP) is 3.89. The number of benzene rings is 1. The Labute approximate surface area is 200 Å². The molecule has 1 aliphatic rings. The molecule has 180 valence electrons. The maximum Gasteiger partial charge on any atom is 0.233 e. The van der Waals surface area contributed by atoms with Crippen LogP contribution in [-0.2, 0) is 19.4 Å². The van der Waals surface area contributed by atoms with E-state index in [0.717, 1.165) is 38.2 Å². The molecule has 0 radical (unpaired) electrons. The lowest BCUT2D eigenvalue weighted by Gasteiger charge is -2.22. The second-order valence-corrected chi connectivity index (χ2v) is 11.3. The molecule has 2 unspecified atom stereocenters. The van der Waals surface area contributed by atoms with Crippen molar-refractivity contribution in [2.45, 2.75) is 55.5 Å². The molecule has 1 N–H and O–H groups in total. The van der Waals surface area contributed by atoms with Crippen molar-refractivity contribution in [3.8, 4) is 0 Å². The molecular formula is C23H31ClN4O4S. The lowest BCUT2D eigenvalue weighted by molar-refractivity contribution is -0.118. The van der Waals surface area contributed by atoms with Crippen LogP contribution in [0.2, 0.25) is 5.02 Å². The topological polar surface area (TPSA) is 101 Å². The van der Waals surface area contributed by atoms with Crippen LogP contribution < -0.4 is 5.32 Å². The molecule has 0 aliphatic heterocycles. The van der Waals surface area contributed by atoms with Gasteiger partial charge in [0.05, 0.1) is 15.8 Å². The molecule has 2 atom stereocenters. The number of carbonyl (C=O) groups is 2. The Bertz CT molecular complexity index is 1090. The Kier molecular flexibility index (Phi) is 8.31. The number of carbonyl (C=O) groups excluding carboxylic acids is 2. The maximum atomic E-state index is 13.3. The highest BCUT2D eigenvalue weighted by molar-refractivity contribution is 7.90. The molecule has 0 bridgehead atoms. The number of aldehydes is 1. The van der Waals surface area contributed by atoms with Crippen LogP contribution in [-0.4, -0.2) is 55.6 Å². The van der Waals surface area contributed by atoms with Crippen LogP contribution >= 0.6 is 11.6 Å². The average molecular weight is 495 g/mol. The number of rotatable bonds is 10. The zero-order chi connectivity index (χ0) is 24.2. The van der Waals surface area contributed by atoms with Crippen LogP contribution in [0.15, 0.2) is 35.4 Å². The van der Waals surface area contributed by atoms with E-state index in [0.29, 0.717) is 23.7 Å². The number of hydrogen-bond acceptors (Lipinski definition) is 6. The molecule has 0 saturated heterocycles. The van der Waals surface area contributed by atoms with Gasteiger partial charge in [0.25, 0.3) is 0 Å². The van der Waals surface area contributed by atoms with Gasteiger partial charge in [0.1, 0.15) is 12.5 Å². The van der Waals surface area contributed by atoms with Crippen molar-refractivity contribution in [1.29, 1.82) is 0 Å². The first-order chi connectivity index (χ1) is 15.6. The summed E-state index contributed by atoms with van der Waals surface area (Å²) in [4.78, 5) is 26.3. The van der Waals surface area contributed by atoms with Gasteiger partial charge in [0.15, 0.2) is 15.7 Å². The highest BCUT2D eigenvalue weighted by atomic mass is 35.5. The standard InChI is InChI=1S/C23H31ClN4O4S/c1-27(2)22(11-13-29)28-12-10-21(26-28)25-23(30)18(14-16-6-4-5-7-16)17-8-9-20(19(24)15-17)33(3,31)32/h8-10,12-13,15-16,18,22H,4-7,11,14H2,1-3H3,(H,25,26,30). The lowest BCUT2D eigenvalue weighted by atomic mass is 9.87. The van der Waals surface area contributed by atoms with Gasteiger partial charge < -0.3 is 10.1 Å². The van der Waals surface area contributed by atoms with Gasteiger partial charge in [0.2, 0.25) is 5.91 Å². The molecule has 1 heterocycles. The zero-order valence-corrected chi connectivity index (χ0v) is 20.8. The molecule has 3 rings (SSSR count). The van der Waals surface area contributed by atoms with Gasteiger partial charge in [-0.3, -0.25) is 14.4 Å². The molecule has 1 aromatic heterocycles. The molecule has 8 nitrogen and oxygen atoms in total. The van der Waals surface area contributed by atoms with Crippen molar-refractivity contribution in [2.24, 2.45) is 5.92 Å². The van der Waals surface area contributed by atoms with Crippen molar-refractivity contribution in [3.05, 3.63) is 41.0 Å². The lowest BCUT2D eigenvalue weighted by Crippen LogP contribution is -2.27. The Morgan fingerprint density at radius 3 is 2.58 bits per heavy atom. The Hall–Kier alpha value is -2.23. The first-order valence-electron chi connectivity index (χ1n) is 11.1. The van der Waals surface area contributed by atoms with Crippen molar-refractivity contribution in [3.63, 3.8) is 0 Å². The van der Waals surface area contributed by atoms with E-state index in [2.05, 4.69) is 10.4 Å². The van der Waals surface area contributed by atoms with Gasteiger partial charge in [-0.1, -0.05) is 43.4 Å². The van der Waals surface area contributed by atoms with Crippen molar-refractivity contribution in [2.75, 3.05) is 25.7 Å². The summed E-state index contributed by atoms with van der Waals surface area (Å²) in [6.45, 7) is 0. The number of aromatic nitrogens is 2. The minimum atomic E-state index is -3.46. The van der Waals surface area contributed by atoms with E-state index in [1.807, 2.05) is 19.0 Å². The molecule has 1 amide bonds. The van der Waals surface area contributed by atoms with E-state index in [9.17, 15) is 18.0 Å². The summed E-state index contributed by atoms with van der Waals surface area (Å²) >= 11 is 6.28. The molecule has 33 heavy (non-hydrogen) atoms. The van der Waals surface area contributed by atoms with Gasteiger partial charge in [-0.05, 0) is 44.1 Å². The fourth-order valence-corrected chi connectivity index (χ4v) is 5.77. The molecule has 10 heteroatoms. The fraction of sp³-hybridized carbons (Fsp3) is 0.522. The molecule has 0 spiro atoms. The Morgan fingerprint density at radius 1 is 1.30 bits per heavy atom. The summed E-state index contributed by atoms with van der Waals surface area (Å²) in [6, 6.07) is 6.43. The van der Waals surface area contributed by atoms with E-state index >= 15 is 0 Å². The molecule has 2 aromatic rings. The highest BCUT2D eigenvalue weighted by Gasteiger charge is 2.28. The van der Waals surface area contributed by atoms with E-state index < -0.39 is 15.8 Å².